The zero-order valence-electron chi connectivity index (χ0n) is 6.95. The molecule has 0 unspecified atom stereocenters. The SMILES string of the molecule is O=C(NCC(F)(F)F)[C@H]1CCNC1. The van der Waals surface area contributed by atoms with Crippen molar-refractivity contribution in [1.82, 2.24) is 10.6 Å². The van der Waals surface area contributed by atoms with Crippen molar-refractivity contribution >= 4 is 5.91 Å². The van der Waals surface area contributed by atoms with Gasteiger partial charge in [0.05, 0.1) is 5.92 Å². The summed E-state index contributed by atoms with van der Waals surface area (Å²) in [7, 11) is 0. The molecular formula is C7H11F3N2O. The molecule has 1 saturated heterocycles. The number of hydrogen-bond acceptors (Lipinski definition) is 2. The third kappa shape index (κ3) is 3.63. The lowest BCUT2D eigenvalue weighted by molar-refractivity contribution is -0.140. The molecule has 1 amide bonds. The van der Waals surface area contributed by atoms with Crippen LogP contribution in [-0.2, 0) is 4.79 Å². The monoisotopic (exact) mass is 196 g/mol. The maximum atomic E-state index is 11.7. The molecule has 0 aromatic carbocycles. The van der Waals surface area contributed by atoms with Gasteiger partial charge in [-0.15, -0.1) is 0 Å². The molecule has 0 spiro atoms. The van der Waals surface area contributed by atoms with E-state index in [0.717, 1.165) is 0 Å². The number of alkyl halides is 3. The standard InChI is InChI=1S/C7H11F3N2O/c8-7(9,10)4-12-6(13)5-1-2-11-3-5/h5,11H,1-4H2,(H,12,13)/t5-/m0/s1. The average molecular weight is 196 g/mol. The third-order valence-corrected chi connectivity index (χ3v) is 1.89. The van der Waals surface area contributed by atoms with Crippen LogP contribution in [0.3, 0.4) is 0 Å². The number of halogens is 3. The summed E-state index contributed by atoms with van der Waals surface area (Å²) in [6.45, 7) is -0.0594. The lowest BCUT2D eigenvalue weighted by atomic mass is 10.1. The summed E-state index contributed by atoms with van der Waals surface area (Å²) in [6.07, 6.45) is -3.70. The first-order chi connectivity index (χ1) is 5.99. The third-order valence-electron chi connectivity index (χ3n) is 1.89. The van der Waals surface area contributed by atoms with E-state index in [0.29, 0.717) is 19.5 Å². The minimum atomic E-state index is -4.32. The van der Waals surface area contributed by atoms with Crippen LogP contribution in [0.15, 0.2) is 0 Å². The van der Waals surface area contributed by atoms with E-state index in [1.165, 1.54) is 0 Å². The second kappa shape index (κ2) is 3.95. The van der Waals surface area contributed by atoms with Gasteiger partial charge >= 0.3 is 6.18 Å². The average Bonchev–Trinajstić information content (AvgIpc) is 2.50. The van der Waals surface area contributed by atoms with Gasteiger partial charge in [-0.3, -0.25) is 4.79 Å². The van der Waals surface area contributed by atoms with E-state index in [1.54, 1.807) is 0 Å². The van der Waals surface area contributed by atoms with Gasteiger partial charge in [-0.1, -0.05) is 0 Å². The highest BCUT2D eigenvalue weighted by molar-refractivity contribution is 5.79. The Morgan fingerprint density at radius 2 is 2.23 bits per heavy atom. The summed E-state index contributed by atoms with van der Waals surface area (Å²) in [5.41, 5.74) is 0. The van der Waals surface area contributed by atoms with Crippen LogP contribution in [0.1, 0.15) is 6.42 Å². The van der Waals surface area contributed by atoms with Crippen molar-refractivity contribution in [2.75, 3.05) is 19.6 Å². The molecule has 3 nitrogen and oxygen atoms in total. The normalized spacial score (nSPS) is 23.2. The molecule has 76 valence electrons. The van der Waals surface area contributed by atoms with Crippen molar-refractivity contribution in [2.24, 2.45) is 5.92 Å². The van der Waals surface area contributed by atoms with Crippen molar-refractivity contribution in [3.05, 3.63) is 0 Å². The smallest absolute Gasteiger partial charge is 0.347 e. The van der Waals surface area contributed by atoms with E-state index >= 15 is 0 Å². The number of hydrogen-bond donors (Lipinski definition) is 2. The first-order valence-electron chi connectivity index (χ1n) is 4.04. The van der Waals surface area contributed by atoms with Gasteiger partial charge in [0.25, 0.3) is 0 Å². The summed E-state index contributed by atoms with van der Waals surface area (Å²) in [5.74, 6) is -0.815. The van der Waals surface area contributed by atoms with Gasteiger partial charge in [-0.2, -0.15) is 13.2 Å². The lowest BCUT2D eigenvalue weighted by Crippen LogP contribution is -2.38. The number of nitrogens with one attached hydrogen (secondary N) is 2. The highest BCUT2D eigenvalue weighted by Gasteiger charge is 2.30. The minimum Gasteiger partial charge on any atom is -0.347 e. The molecule has 2 N–H and O–H groups in total. The van der Waals surface area contributed by atoms with Crippen LogP contribution in [0.25, 0.3) is 0 Å². The second-order valence-corrected chi connectivity index (χ2v) is 3.02. The van der Waals surface area contributed by atoms with Crippen LogP contribution >= 0.6 is 0 Å². The van der Waals surface area contributed by atoms with Crippen molar-refractivity contribution in [1.29, 1.82) is 0 Å². The quantitative estimate of drug-likeness (QED) is 0.665. The molecule has 1 rings (SSSR count). The summed E-state index contributed by atoms with van der Waals surface area (Å²) in [6, 6.07) is 0. The van der Waals surface area contributed by atoms with Gasteiger partial charge < -0.3 is 10.6 Å². The van der Waals surface area contributed by atoms with Crippen LogP contribution in [-0.4, -0.2) is 31.7 Å². The molecule has 0 radical (unpaired) electrons. The molecule has 13 heavy (non-hydrogen) atoms. The van der Waals surface area contributed by atoms with Crippen LogP contribution in [0.5, 0.6) is 0 Å². The summed E-state index contributed by atoms with van der Waals surface area (Å²) >= 11 is 0. The molecule has 1 aliphatic heterocycles. The van der Waals surface area contributed by atoms with Crippen molar-refractivity contribution in [3.63, 3.8) is 0 Å². The molecular weight excluding hydrogens is 185 g/mol. The van der Waals surface area contributed by atoms with Gasteiger partial charge in [-0.05, 0) is 13.0 Å². The number of carbonyl (C=O) groups is 1. The van der Waals surface area contributed by atoms with E-state index < -0.39 is 18.6 Å². The molecule has 0 bridgehead atoms. The Bertz CT molecular complexity index is 187. The molecule has 1 heterocycles. The zero-order chi connectivity index (χ0) is 9.90. The predicted octanol–water partition coefficient (Wildman–Crippen LogP) is 0.274. The highest BCUT2D eigenvalue weighted by Crippen LogP contribution is 2.13. The molecule has 0 aliphatic carbocycles. The second-order valence-electron chi connectivity index (χ2n) is 3.02. The van der Waals surface area contributed by atoms with Crippen LogP contribution in [0, 0.1) is 5.92 Å². The van der Waals surface area contributed by atoms with Crippen molar-refractivity contribution in [3.8, 4) is 0 Å². The predicted molar refractivity (Wildman–Crippen MR) is 40.0 cm³/mol. The fourth-order valence-electron chi connectivity index (χ4n) is 1.21. The van der Waals surface area contributed by atoms with Crippen LogP contribution < -0.4 is 10.6 Å². The molecule has 0 aromatic rings. The van der Waals surface area contributed by atoms with Gasteiger partial charge in [0.2, 0.25) is 5.91 Å². The molecule has 6 heteroatoms. The summed E-state index contributed by atoms with van der Waals surface area (Å²) in [5, 5.41) is 4.77. The molecule has 1 fully saturated rings. The van der Waals surface area contributed by atoms with Crippen LogP contribution in [0.4, 0.5) is 13.2 Å². The number of rotatable bonds is 2. The Morgan fingerprint density at radius 3 is 2.69 bits per heavy atom. The Kier molecular flexibility index (Phi) is 3.13. The van der Waals surface area contributed by atoms with Gasteiger partial charge in [-0.25, -0.2) is 0 Å². The maximum absolute atomic E-state index is 11.7. The van der Waals surface area contributed by atoms with Crippen molar-refractivity contribution < 1.29 is 18.0 Å². The molecule has 1 atom stereocenters. The Labute approximate surface area is 73.7 Å². The Morgan fingerprint density at radius 1 is 1.54 bits per heavy atom. The Balaban J connectivity index is 2.25. The Hall–Kier alpha value is -0.780. The maximum Gasteiger partial charge on any atom is 0.405 e. The number of amides is 1. The summed E-state index contributed by atoms with van der Waals surface area (Å²) in [4.78, 5) is 11.0. The van der Waals surface area contributed by atoms with Crippen LogP contribution in [0.2, 0.25) is 0 Å². The van der Waals surface area contributed by atoms with E-state index in [1.807, 2.05) is 5.32 Å². The van der Waals surface area contributed by atoms with E-state index in [4.69, 9.17) is 0 Å². The van der Waals surface area contributed by atoms with Crippen molar-refractivity contribution in [2.45, 2.75) is 12.6 Å². The largest absolute Gasteiger partial charge is 0.405 e. The lowest BCUT2D eigenvalue weighted by Gasteiger charge is -2.11. The first kappa shape index (κ1) is 10.3. The summed E-state index contributed by atoms with van der Waals surface area (Å²) < 4.78 is 35.0. The molecule has 0 saturated carbocycles. The van der Waals surface area contributed by atoms with Gasteiger partial charge in [0, 0.05) is 6.54 Å². The fourth-order valence-corrected chi connectivity index (χ4v) is 1.21. The van der Waals surface area contributed by atoms with Gasteiger partial charge in [0.15, 0.2) is 0 Å². The van der Waals surface area contributed by atoms with E-state index in [2.05, 4.69) is 5.32 Å². The minimum absolute atomic E-state index is 0.303. The first-order valence-corrected chi connectivity index (χ1v) is 4.04. The topological polar surface area (TPSA) is 41.1 Å². The zero-order valence-corrected chi connectivity index (χ0v) is 6.95. The number of carbonyl (C=O) groups excluding carboxylic acids is 1. The highest BCUT2D eigenvalue weighted by atomic mass is 19.4. The van der Waals surface area contributed by atoms with E-state index in [-0.39, 0.29) is 5.92 Å². The van der Waals surface area contributed by atoms with Gasteiger partial charge in [0.1, 0.15) is 6.54 Å². The molecule has 0 aromatic heterocycles. The van der Waals surface area contributed by atoms with E-state index in [9.17, 15) is 18.0 Å². The fraction of sp³-hybridized carbons (Fsp3) is 0.857. The molecule has 1 aliphatic rings.